The number of ether oxygens (including phenoxy) is 2. The quantitative estimate of drug-likeness (QED) is 0.240. The highest BCUT2D eigenvalue weighted by Crippen LogP contribution is 2.33. The van der Waals surface area contributed by atoms with Crippen molar-refractivity contribution >= 4 is 40.3 Å². The van der Waals surface area contributed by atoms with E-state index in [0.29, 0.717) is 21.9 Å². The van der Waals surface area contributed by atoms with Gasteiger partial charge in [-0.25, -0.2) is 10.2 Å². The first-order valence-corrected chi connectivity index (χ1v) is 12.3. The third-order valence-corrected chi connectivity index (χ3v) is 6.48. The molecule has 0 saturated carbocycles. The van der Waals surface area contributed by atoms with Crippen molar-refractivity contribution in [3.05, 3.63) is 81.2 Å². The number of hydrogen-bond donors (Lipinski definition) is 2. The topological polar surface area (TPSA) is 106 Å². The number of nitrogens with zero attached hydrogens (tertiary/aromatic N) is 1. The Bertz CT molecular complexity index is 1260. The summed E-state index contributed by atoms with van der Waals surface area (Å²) in [5.41, 5.74) is 6.00. The van der Waals surface area contributed by atoms with Crippen molar-refractivity contribution in [2.45, 2.75) is 40.7 Å². The van der Waals surface area contributed by atoms with Crippen molar-refractivity contribution in [1.82, 2.24) is 5.43 Å². The molecule has 3 aromatic rings. The molecule has 3 rings (SSSR count). The number of nitrogens with one attached hydrogen (secondary N) is 2. The lowest BCUT2D eigenvalue weighted by molar-refractivity contribution is -0.127. The van der Waals surface area contributed by atoms with Gasteiger partial charge >= 0.3 is 5.97 Å². The Morgan fingerprint density at radius 1 is 1.03 bits per heavy atom. The molecule has 2 N–H and O–H groups in total. The van der Waals surface area contributed by atoms with Gasteiger partial charge in [0, 0.05) is 10.4 Å². The number of aryl methyl sites for hydroxylation is 2. The summed E-state index contributed by atoms with van der Waals surface area (Å²) in [6, 6.07) is 14.1. The summed E-state index contributed by atoms with van der Waals surface area (Å²) in [4.78, 5) is 38.3. The van der Waals surface area contributed by atoms with Crippen LogP contribution in [0.5, 0.6) is 5.75 Å². The van der Waals surface area contributed by atoms with Gasteiger partial charge in [0.1, 0.15) is 10.8 Å². The number of amides is 2. The van der Waals surface area contributed by atoms with E-state index >= 15 is 0 Å². The molecule has 1 atom stereocenters. The van der Waals surface area contributed by atoms with Crippen LogP contribution in [0.15, 0.2) is 53.6 Å². The van der Waals surface area contributed by atoms with E-state index in [1.54, 1.807) is 44.3 Å². The number of thiophene rings is 1. The lowest BCUT2D eigenvalue weighted by atomic mass is 10.1. The minimum Gasteiger partial charge on any atom is -0.481 e. The van der Waals surface area contributed by atoms with Crippen molar-refractivity contribution in [2.75, 3.05) is 11.9 Å². The molecule has 1 heterocycles. The van der Waals surface area contributed by atoms with Crippen LogP contribution in [0.4, 0.5) is 5.00 Å². The first kappa shape index (κ1) is 26.6. The maximum Gasteiger partial charge on any atom is 0.341 e. The van der Waals surface area contributed by atoms with E-state index in [0.717, 1.165) is 21.6 Å². The normalized spacial score (nSPS) is 11.7. The van der Waals surface area contributed by atoms with Gasteiger partial charge < -0.3 is 14.8 Å². The Hall–Kier alpha value is -3.98. The molecular formula is C27H29N3O5S. The Kier molecular flexibility index (Phi) is 8.97. The molecular weight excluding hydrogens is 478 g/mol. The first-order valence-electron chi connectivity index (χ1n) is 11.4. The largest absolute Gasteiger partial charge is 0.481 e. The second-order valence-electron chi connectivity index (χ2n) is 8.09. The molecule has 2 amide bonds. The van der Waals surface area contributed by atoms with Crippen LogP contribution in [0.1, 0.15) is 56.1 Å². The van der Waals surface area contributed by atoms with Gasteiger partial charge in [0.15, 0.2) is 6.10 Å². The molecule has 0 spiro atoms. The first-order chi connectivity index (χ1) is 17.2. The molecule has 0 aliphatic carbocycles. The summed E-state index contributed by atoms with van der Waals surface area (Å²) >= 11 is 1.33. The van der Waals surface area contributed by atoms with Crippen molar-refractivity contribution in [1.29, 1.82) is 0 Å². The highest BCUT2D eigenvalue weighted by atomic mass is 32.1. The van der Waals surface area contributed by atoms with Crippen LogP contribution in [0.3, 0.4) is 0 Å². The fraction of sp³-hybridized carbons (Fsp3) is 0.259. The van der Waals surface area contributed by atoms with Crippen LogP contribution in [0.25, 0.3) is 0 Å². The standard InChI is InChI=1S/C27H29N3O5S/c1-6-34-27(33)23-17(3)19(5)36-26(23)29-25(32)21-11-13-22(14-12-21)35-18(4)24(31)30-28-15-20-9-7-16(2)8-10-20/h7-15,18H,6H2,1-5H3,(H,29,32)(H,30,31). The number of carbonyl (C=O) groups excluding carboxylic acids is 3. The maximum atomic E-state index is 12.8. The molecule has 0 fully saturated rings. The van der Waals surface area contributed by atoms with Gasteiger partial charge in [0.2, 0.25) is 0 Å². The minimum atomic E-state index is -0.802. The SMILES string of the molecule is CCOC(=O)c1c(NC(=O)c2ccc(OC(C)C(=O)NN=Cc3ccc(C)cc3)cc2)sc(C)c1C. The van der Waals surface area contributed by atoms with Crippen LogP contribution in [0.2, 0.25) is 0 Å². The number of benzene rings is 2. The summed E-state index contributed by atoms with van der Waals surface area (Å²) in [7, 11) is 0. The third-order valence-electron chi connectivity index (χ3n) is 5.36. The predicted molar refractivity (Wildman–Crippen MR) is 141 cm³/mol. The molecule has 188 valence electrons. The molecule has 0 radical (unpaired) electrons. The van der Waals surface area contributed by atoms with Crippen LogP contribution < -0.4 is 15.5 Å². The Balaban J connectivity index is 1.58. The van der Waals surface area contributed by atoms with E-state index in [-0.39, 0.29) is 12.5 Å². The lowest BCUT2D eigenvalue weighted by Gasteiger charge is -2.13. The Morgan fingerprint density at radius 3 is 2.33 bits per heavy atom. The number of esters is 1. The van der Waals surface area contributed by atoms with Gasteiger partial charge in [-0.2, -0.15) is 5.10 Å². The minimum absolute atomic E-state index is 0.248. The molecule has 9 heteroatoms. The van der Waals surface area contributed by atoms with E-state index in [1.807, 2.05) is 45.0 Å². The molecule has 8 nitrogen and oxygen atoms in total. The molecule has 36 heavy (non-hydrogen) atoms. The number of rotatable bonds is 9. The zero-order valence-electron chi connectivity index (χ0n) is 20.9. The van der Waals surface area contributed by atoms with Crippen LogP contribution in [-0.2, 0) is 9.53 Å². The van der Waals surface area contributed by atoms with Crippen molar-refractivity contribution in [3.63, 3.8) is 0 Å². The van der Waals surface area contributed by atoms with Crippen LogP contribution >= 0.6 is 11.3 Å². The van der Waals surface area contributed by atoms with E-state index < -0.39 is 18.0 Å². The molecule has 0 bridgehead atoms. The summed E-state index contributed by atoms with van der Waals surface area (Å²) in [5, 5.41) is 7.21. The fourth-order valence-electron chi connectivity index (χ4n) is 3.20. The summed E-state index contributed by atoms with van der Waals surface area (Å²) in [5.74, 6) is -0.819. The Morgan fingerprint density at radius 2 is 1.69 bits per heavy atom. The van der Waals surface area contributed by atoms with Gasteiger partial charge in [-0.05, 0) is 70.0 Å². The van der Waals surface area contributed by atoms with Gasteiger partial charge in [0.05, 0.1) is 18.4 Å². The van der Waals surface area contributed by atoms with E-state index in [1.165, 1.54) is 11.3 Å². The molecule has 1 unspecified atom stereocenters. The second kappa shape index (κ2) is 12.1. The average molecular weight is 508 g/mol. The number of hydrazone groups is 1. The van der Waals surface area contributed by atoms with Crippen LogP contribution in [-0.4, -0.2) is 36.7 Å². The van der Waals surface area contributed by atoms with E-state index in [2.05, 4.69) is 15.8 Å². The summed E-state index contributed by atoms with van der Waals surface area (Å²) < 4.78 is 10.8. The van der Waals surface area contributed by atoms with E-state index in [9.17, 15) is 14.4 Å². The fourth-order valence-corrected chi connectivity index (χ4v) is 4.24. The van der Waals surface area contributed by atoms with E-state index in [4.69, 9.17) is 9.47 Å². The predicted octanol–water partition coefficient (Wildman–Crippen LogP) is 5.02. The molecule has 2 aromatic carbocycles. The van der Waals surface area contributed by atoms with Gasteiger partial charge in [-0.1, -0.05) is 29.8 Å². The zero-order chi connectivity index (χ0) is 26.2. The highest BCUT2D eigenvalue weighted by molar-refractivity contribution is 7.16. The average Bonchev–Trinajstić information content (AvgIpc) is 3.13. The third kappa shape index (κ3) is 6.79. The number of anilines is 1. The van der Waals surface area contributed by atoms with Gasteiger partial charge in [0.25, 0.3) is 11.8 Å². The highest BCUT2D eigenvalue weighted by Gasteiger charge is 2.22. The Labute approximate surface area is 214 Å². The maximum absolute atomic E-state index is 12.8. The molecule has 0 saturated heterocycles. The zero-order valence-corrected chi connectivity index (χ0v) is 21.7. The second-order valence-corrected chi connectivity index (χ2v) is 9.32. The molecule has 0 aliphatic heterocycles. The van der Waals surface area contributed by atoms with Crippen molar-refractivity contribution < 1.29 is 23.9 Å². The summed E-state index contributed by atoms with van der Waals surface area (Å²) in [6.07, 6.45) is 0.755. The van der Waals surface area contributed by atoms with Crippen LogP contribution in [0, 0.1) is 20.8 Å². The van der Waals surface area contributed by atoms with Crippen molar-refractivity contribution in [2.24, 2.45) is 5.10 Å². The lowest BCUT2D eigenvalue weighted by Crippen LogP contribution is -2.33. The number of hydrogen-bond acceptors (Lipinski definition) is 7. The number of carbonyl (C=O) groups is 3. The van der Waals surface area contributed by atoms with Crippen molar-refractivity contribution in [3.8, 4) is 5.75 Å². The summed E-state index contributed by atoms with van der Waals surface area (Å²) in [6.45, 7) is 9.29. The smallest absolute Gasteiger partial charge is 0.341 e. The monoisotopic (exact) mass is 507 g/mol. The van der Waals surface area contributed by atoms with Gasteiger partial charge in [-0.3, -0.25) is 9.59 Å². The molecule has 1 aromatic heterocycles. The molecule has 0 aliphatic rings. The van der Waals surface area contributed by atoms with Gasteiger partial charge in [-0.15, -0.1) is 11.3 Å².